The van der Waals surface area contributed by atoms with E-state index in [0.717, 1.165) is 66.3 Å². The fraction of sp³-hybridized carbons (Fsp3) is 0.414. The minimum Gasteiger partial charge on any atom is -0.329 e. The van der Waals surface area contributed by atoms with Crippen LogP contribution in [0.4, 0.5) is 13.2 Å². The largest absolute Gasteiger partial charge is 0.416 e. The average Bonchev–Trinajstić information content (AvgIpc) is 3.40. The molecular formula is C29H33F3N6O3S. The Bertz CT molecular complexity index is 1610. The van der Waals surface area contributed by atoms with E-state index in [4.69, 9.17) is 0 Å². The highest BCUT2D eigenvalue weighted by Crippen LogP contribution is 2.34. The van der Waals surface area contributed by atoms with Crippen molar-refractivity contribution in [1.29, 1.82) is 0 Å². The van der Waals surface area contributed by atoms with Gasteiger partial charge in [-0.1, -0.05) is 29.5 Å². The van der Waals surface area contributed by atoms with Gasteiger partial charge in [0.25, 0.3) is 10.0 Å². The Balaban J connectivity index is 1.37. The second-order valence-electron chi connectivity index (χ2n) is 11.6. The van der Waals surface area contributed by atoms with Crippen molar-refractivity contribution in [2.75, 3.05) is 0 Å². The number of carbonyl (C=O) groups is 1. The molecule has 9 nitrogen and oxygen atoms in total. The minimum atomic E-state index is -4.72. The van der Waals surface area contributed by atoms with Gasteiger partial charge in [0.15, 0.2) is 0 Å². The monoisotopic (exact) mass is 602 g/mol. The molecule has 42 heavy (non-hydrogen) atoms. The van der Waals surface area contributed by atoms with E-state index in [0.29, 0.717) is 11.8 Å². The molecule has 2 aromatic carbocycles. The molecule has 2 N–H and O–H groups in total. The van der Waals surface area contributed by atoms with E-state index in [9.17, 15) is 26.4 Å². The van der Waals surface area contributed by atoms with Crippen molar-refractivity contribution < 1.29 is 26.4 Å². The number of hydrogen-bond donors (Lipinski definition) is 2. The van der Waals surface area contributed by atoms with E-state index in [1.54, 1.807) is 10.9 Å². The van der Waals surface area contributed by atoms with Gasteiger partial charge in [-0.3, -0.25) is 9.10 Å². The van der Waals surface area contributed by atoms with E-state index < -0.39 is 38.6 Å². The molecule has 1 aliphatic heterocycles. The number of alkyl halides is 3. The van der Waals surface area contributed by atoms with Gasteiger partial charge in [0.1, 0.15) is 6.04 Å². The Morgan fingerprint density at radius 2 is 1.90 bits per heavy atom. The summed E-state index contributed by atoms with van der Waals surface area (Å²) >= 11 is 0. The molecular weight excluding hydrogens is 569 g/mol. The average molecular weight is 603 g/mol. The summed E-state index contributed by atoms with van der Waals surface area (Å²) in [6, 6.07) is 8.55. The molecule has 0 spiro atoms. The number of aryl methyl sites for hydroxylation is 1. The fourth-order valence-corrected chi connectivity index (χ4v) is 6.74. The number of benzene rings is 2. The van der Waals surface area contributed by atoms with Crippen LogP contribution in [0.2, 0.25) is 0 Å². The van der Waals surface area contributed by atoms with Gasteiger partial charge in [-0.2, -0.15) is 13.2 Å². The zero-order valence-corrected chi connectivity index (χ0v) is 24.3. The molecule has 0 unspecified atom stereocenters. The predicted octanol–water partition coefficient (Wildman–Crippen LogP) is 4.31. The number of hydrogen-bond acceptors (Lipinski definition) is 6. The van der Waals surface area contributed by atoms with Crippen molar-refractivity contribution in [2.45, 2.75) is 81.7 Å². The lowest BCUT2D eigenvalue weighted by molar-refractivity contribution is -0.137. The molecule has 0 saturated carbocycles. The van der Waals surface area contributed by atoms with Gasteiger partial charge in [-0.15, -0.1) is 5.10 Å². The lowest BCUT2D eigenvalue weighted by Gasteiger charge is -2.31. The van der Waals surface area contributed by atoms with Gasteiger partial charge >= 0.3 is 6.18 Å². The van der Waals surface area contributed by atoms with Crippen LogP contribution in [0.15, 0.2) is 66.0 Å². The number of aromatic nitrogens is 3. The van der Waals surface area contributed by atoms with Crippen molar-refractivity contribution in [1.82, 2.24) is 29.9 Å². The number of fused-ring (bicyclic) bond motifs is 1. The third kappa shape index (κ3) is 6.36. The zero-order chi connectivity index (χ0) is 30.3. The van der Waals surface area contributed by atoms with Crippen LogP contribution < -0.4 is 10.6 Å². The Morgan fingerprint density at radius 3 is 2.64 bits per heavy atom. The van der Waals surface area contributed by atoms with Crippen molar-refractivity contribution in [3.05, 3.63) is 89.0 Å². The van der Waals surface area contributed by atoms with Gasteiger partial charge in [0.05, 0.1) is 22.2 Å². The maximum absolute atomic E-state index is 13.4. The molecule has 1 amide bonds. The summed E-state index contributed by atoms with van der Waals surface area (Å²) in [6.45, 7) is 7.12. The highest BCUT2D eigenvalue weighted by atomic mass is 32.2. The maximum atomic E-state index is 13.4. The summed E-state index contributed by atoms with van der Waals surface area (Å²) in [7, 11) is -4.49. The summed E-state index contributed by atoms with van der Waals surface area (Å²) in [5, 5.41) is 14.5. The number of rotatable bonds is 7. The van der Waals surface area contributed by atoms with Gasteiger partial charge in [0, 0.05) is 37.1 Å². The predicted molar refractivity (Wildman–Crippen MR) is 149 cm³/mol. The molecule has 224 valence electrons. The number of nitrogens with one attached hydrogen (secondary N) is 2. The topological polar surface area (TPSA) is 109 Å². The second-order valence-corrected chi connectivity index (χ2v) is 13.5. The number of sulfonamides is 1. The number of halogens is 3. The van der Waals surface area contributed by atoms with E-state index in [1.807, 2.05) is 0 Å². The summed E-state index contributed by atoms with van der Waals surface area (Å²) in [4.78, 5) is 12.3. The standard InChI is InChI=1S/C29H33F3N6O3S/c1-28(2,3)34-17-19-10-11-24-20(14-19)6-4-9-25(24)37-18-22(35-36-37)16-26-27(39)33-12-13-38(26)42(40,41)23-8-5-7-21(15-23)29(30,31)32/h5,7-8,10-15,18,25-26,34H,4,6,9,16-17H2,1-3H3,(H,33,39)/t25-,26-/m1/s1. The first-order chi connectivity index (χ1) is 19.7. The third-order valence-electron chi connectivity index (χ3n) is 7.39. The Kier molecular flexibility index (Phi) is 7.92. The summed E-state index contributed by atoms with van der Waals surface area (Å²) in [5.74, 6) is -0.623. The summed E-state index contributed by atoms with van der Waals surface area (Å²) < 4.78 is 69.1. The number of nitrogens with zero attached hydrogens (tertiary/aromatic N) is 4. The van der Waals surface area contributed by atoms with Gasteiger partial charge in [-0.05, 0) is 74.9 Å². The third-order valence-corrected chi connectivity index (χ3v) is 9.17. The lowest BCUT2D eigenvalue weighted by Crippen LogP contribution is -2.50. The first-order valence-corrected chi connectivity index (χ1v) is 15.1. The molecule has 5 rings (SSSR count). The molecule has 1 aliphatic carbocycles. The summed E-state index contributed by atoms with van der Waals surface area (Å²) in [6.07, 6.45) is 1.90. The first-order valence-electron chi connectivity index (χ1n) is 13.7. The quantitative estimate of drug-likeness (QED) is 0.417. The molecule has 2 atom stereocenters. The van der Waals surface area contributed by atoms with Crippen molar-refractivity contribution in [3.63, 3.8) is 0 Å². The van der Waals surface area contributed by atoms with Crippen LogP contribution in [0.5, 0.6) is 0 Å². The van der Waals surface area contributed by atoms with Crippen LogP contribution in [0, 0.1) is 0 Å². The van der Waals surface area contributed by atoms with E-state index >= 15 is 0 Å². The first kappa shape index (κ1) is 29.8. The van der Waals surface area contributed by atoms with E-state index in [-0.39, 0.29) is 18.0 Å². The van der Waals surface area contributed by atoms with Crippen molar-refractivity contribution in [2.24, 2.45) is 0 Å². The Labute approximate surface area is 242 Å². The van der Waals surface area contributed by atoms with Gasteiger partial charge in [0.2, 0.25) is 5.91 Å². The van der Waals surface area contributed by atoms with Crippen LogP contribution in [0.3, 0.4) is 0 Å². The van der Waals surface area contributed by atoms with Crippen molar-refractivity contribution >= 4 is 15.9 Å². The van der Waals surface area contributed by atoms with Crippen LogP contribution >= 0.6 is 0 Å². The lowest BCUT2D eigenvalue weighted by atomic mass is 9.86. The van der Waals surface area contributed by atoms with Gasteiger partial charge < -0.3 is 10.6 Å². The second kappa shape index (κ2) is 11.2. The normalized spacial score (nSPS) is 19.5. The molecule has 2 heterocycles. The smallest absolute Gasteiger partial charge is 0.329 e. The van der Waals surface area contributed by atoms with E-state index in [1.165, 1.54) is 11.1 Å². The molecule has 0 radical (unpaired) electrons. The van der Waals surface area contributed by atoms with Crippen LogP contribution in [0.25, 0.3) is 0 Å². The zero-order valence-electron chi connectivity index (χ0n) is 23.5. The highest BCUT2D eigenvalue weighted by Gasteiger charge is 2.38. The molecule has 3 aromatic rings. The SMILES string of the molecule is CC(C)(C)NCc1ccc2c(c1)CCC[C@H]2n1cc(C[C@@H]2C(=O)NC=CN2S(=O)(=O)c2cccc(C(F)(F)F)c2)nn1. The molecule has 0 fully saturated rings. The van der Waals surface area contributed by atoms with Crippen LogP contribution in [0.1, 0.15) is 67.6 Å². The van der Waals surface area contributed by atoms with Crippen molar-refractivity contribution in [3.8, 4) is 0 Å². The Morgan fingerprint density at radius 1 is 1.12 bits per heavy atom. The molecule has 13 heteroatoms. The number of amides is 1. The Hall–Kier alpha value is -3.71. The molecule has 0 saturated heterocycles. The molecule has 0 bridgehead atoms. The maximum Gasteiger partial charge on any atom is 0.416 e. The van der Waals surface area contributed by atoms with Crippen LogP contribution in [-0.4, -0.2) is 45.2 Å². The van der Waals surface area contributed by atoms with Crippen LogP contribution in [-0.2, 0) is 40.4 Å². The number of carbonyl (C=O) groups excluding carboxylic acids is 1. The van der Waals surface area contributed by atoms with Gasteiger partial charge in [-0.25, -0.2) is 13.1 Å². The summed E-state index contributed by atoms with van der Waals surface area (Å²) in [5.41, 5.74) is 2.87. The molecule has 2 aliphatic rings. The fourth-order valence-electron chi connectivity index (χ4n) is 5.24. The minimum absolute atomic E-state index is 0.00259. The molecule has 1 aromatic heterocycles. The highest BCUT2D eigenvalue weighted by molar-refractivity contribution is 7.89. The van der Waals surface area contributed by atoms with E-state index in [2.05, 4.69) is 59.9 Å².